The predicted molar refractivity (Wildman–Crippen MR) is 44.3 cm³/mol. The first kappa shape index (κ1) is 8.47. The summed E-state index contributed by atoms with van der Waals surface area (Å²) in [6, 6.07) is 0. The Morgan fingerprint density at radius 3 is 2.33 bits per heavy atom. The first-order valence-corrected chi connectivity index (χ1v) is 5.90. The van der Waals surface area contributed by atoms with Crippen LogP contribution in [0.2, 0.25) is 0 Å². The lowest BCUT2D eigenvalue weighted by atomic mass is 9.63. The lowest BCUT2D eigenvalue weighted by molar-refractivity contribution is -0.0460. The Balaban J connectivity index is 1.82. The van der Waals surface area contributed by atoms with Crippen molar-refractivity contribution in [2.24, 2.45) is 5.41 Å². The second-order valence-electron chi connectivity index (χ2n) is 3.93. The highest BCUT2D eigenvalue weighted by Crippen LogP contribution is 2.45. The molecular weight excluding hydrogens is 178 g/mol. The third-order valence-corrected chi connectivity index (χ3v) is 3.25. The molecular formula is C7H13NO3S. The van der Waals surface area contributed by atoms with Crippen molar-refractivity contribution in [2.45, 2.75) is 18.9 Å². The maximum atomic E-state index is 10.7. The summed E-state index contributed by atoms with van der Waals surface area (Å²) in [4.78, 5) is 0. The third kappa shape index (κ3) is 1.48. The molecule has 0 aromatic rings. The summed E-state index contributed by atoms with van der Waals surface area (Å²) < 4.78 is 26.3. The lowest BCUT2D eigenvalue weighted by Crippen LogP contribution is -2.62. The van der Waals surface area contributed by atoms with E-state index in [1.807, 2.05) is 0 Å². The quantitative estimate of drug-likeness (QED) is 0.610. The van der Waals surface area contributed by atoms with Crippen LogP contribution < -0.4 is 5.32 Å². The molecule has 1 saturated carbocycles. The van der Waals surface area contributed by atoms with Crippen LogP contribution in [0, 0.1) is 5.41 Å². The molecule has 1 N–H and O–H groups in total. The molecule has 2 aliphatic rings. The Kier molecular flexibility index (Phi) is 1.72. The van der Waals surface area contributed by atoms with Gasteiger partial charge >= 0.3 is 0 Å². The van der Waals surface area contributed by atoms with Gasteiger partial charge in [0.1, 0.15) is 0 Å². The fourth-order valence-electron chi connectivity index (χ4n) is 1.99. The normalized spacial score (nSPS) is 28.1. The zero-order valence-electron chi connectivity index (χ0n) is 7.04. The monoisotopic (exact) mass is 191 g/mol. The van der Waals surface area contributed by atoms with Gasteiger partial charge < -0.3 is 5.32 Å². The summed E-state index contributed by atoms with van der Waals surface area (Å²) in [5.41, 5.74) is 0.384. The number of rotatable bonds is 2. The lowest BCUT2D eigenvalue weighted by Gasteiger charge is -2.53. The van der Waals surface area contributed by atoms with Crippen molar-refractivity contribution in [3.05, 3.63) is 0 Å². The molecule has 0 bridgehead atoms. The molecule has 5 heteroatoms. The van der Waals surface area contributed by atoms with Crippen LogP contribution in [0.1, 0.15) is 12.8 Å². The van der Waals surface area contributed by atoms with E-state index in [1.165, 1.54) is 0 Å². The molecule has 0 unspecified atom stereocenters. The van der Waals surface area contributed by atoms with E-state index >= 15 is 0 Å². The average molecular weight is 191 g/mol. The Bertz CT molecular complexity index is 273. The zero-order chi connectivity index (χ0) is 8.82. The number of hydrogen-bond acceptors (Lipinski definition) is 4. The molecule has 70 valence electrons. The van der Waals surface area contributed by atoms with Gasteiger partial charge in [0.15, 0.2) is 0 Å². The van der Waals surface area contributed by atoms with Crippen LogP contribution in [0.15, 0.2) is 0 Å². The van der Waals surface area contributed by atoms with Crippen LogP contribution in [0.5, 0.6) is 0 Å². The molecule has 0 aromatic carbocycles. The maximum Gasteiger partial charge on any atom is 0.264 e. The predicted octanol–water partition coefficient (Wildman–Crippen LogP) is -0.285. The van der Waals surface area contributed by atoms with Crippen LogP contribution in [-0.4, -0.2) is 33.9 Å². The first-order valence-electron chi connectivity index (χ1n) is 4.08. The van der Waals surface area contributed by atoms with Gasteiger partial charge in [0, 0.05) is 18.5 Å². The van der Waals surface area contributed by atoms with Crippen molar-refractivity contribution < 1.29 is 12.6 Å². The second kappa shape index (κ2) is 2.43. The largest absolute Gasteiger partial charge is 0.316 e. The van der Waals surface area contributed by atoms with Gasteiger partial charge in [-0.2, -0.15) is 8.42 Å². The summed E-state index contributed by atoms with van der Waals surface area (Å²) >= 11 is 0. The van der Waals surface area contributed by atoms with E-state index < -0.39 is 10.1 Å². The van der Waals surface area contributed by atoms with E-state index in [2.05, 4.69) is 5.32 Å². The first-order chi connectivity index (χ1) is 5.49. The summed E-state index contributed by atoms with van der Waals surface area (Å²) in [6.07, 6.45) is 2.85. The molecule has 1 aliphatic heterocycles. The molecule has 0 atom stereocenters. The van der Waals surface area contributed by atoms with Crippen LogP contribution in [0.3, 0.4) is 0 Å². The minimum Gasteiger partial charge on any atom is -0.316 e. The van der Waals surface area contributed by atoms with Crippen LogP contribution in [-0.2, 0) is 14.3 Å². The molecule has 1 spiro atoms. The highest BCUT2D eigenvalue weighted by molar-refractivity contribution is 7.86. The van der Waals surface area contributed by atoms with Gasteiger partial charge in [0.25, 0.3) is 10.1 Å². The summed E-state index contributed by atoms with van der Waals surface area (Å²) in [7, 11) is -3.24. The molecule has 0 radical (unpaired) electrons. The Morgan fingerprint density at radius 1 is 1.42 bits per heavy atom. The minimum absolute atomic E-state index is 0.0536. The van der Waals surface area contributed by atoms with E-state index in [0.717, 1.165) is 32.2 Å². The molecule has 2 rings (SSSR count). The fourth-order valence-corrected chi connectivity index (χ4v) is 2.62. The van der Waals surface area contributed by atoms with Crippen molar-refractivity contribution in [3.63, 3.8) is 0 Å². The number of hydrogen-bond donors (Lipinski definition) is 1. The van der Waals surface area contributed by atoms with Crippen molar-refractivity contribution in [1.82, 2.24) is 5.32 Å². The van der Waals surface area contributed by atoms with Gasteiger partial charge in [-0.1, -0.05) is 0 Å². The van der Waals surface area contributed by atoms with Crippen molar-refractivity contribution >= 4 is 10.1 Å². The Morgan fingerprint density at radius 2 is 2.00 bits per heavy atom. The van der Waals surface area contributed by atoms with Crippen molar-refractivity contribution in [1.29, 1.82) is 0 Å². The molecule has 1 heterocycles. The van der Waals surface area contributed by atoms with Crippen LogP contribution in [0.25, 0.3) is 0 Å². The van der Waals surface area contributed by atoms with E-state index in [0.29, 0.717) is 5.41 Å². The average Bonchev–Trinajstić information content (AvgIpc) is 1.69. The van der Waals surface area contributed by atoms with Gasteiger partial charge in [-0.3, -0.25) is 4.18 Å². The molecule has 12 heavy (non-hydrogen) atoms. The Hall–Kier alpha value is -0.130. The number of nitrogens with one attached hydrogen (secondary N) is 1. The van der Waals surface area contributed by atoms with Gasteiger partial charge in [0.05, 0.1) is 12.4 Å². The highest BCUT2D eigenvalue weighted by Gasteiger charge is 2.49. The van der Waals surface area contributed by atoms with Gasteiger partial charge in [-0.15, -0.1) is 0 Å². The molecule has 1 saturated heterocycles. The van der Waals surface area contributed by atoms with E-state index in [1.54, 1.807) is 0 Å². The van der Waals surface area contributed by atoms with E-state index in [-0.39, 0.29) is 6.10 Å². The van der Waals surface area contributed by atoms with E-state index in [9.17, 15) is 8.42 Å². The molecule has 0 amide bonds. The smallest absolute Gasteiger partial charge is 0.264 e. The highest BCUT2D eigenvalue weighted by atomic mass is 32.2. The minimum atomic E-state index is -3.24. The van der Waals surface area contributed by atoms with Gasteiger partial charge in [-0.05, 0) is 12.8 Å². The van der Waals surface area contributed by atoms with Gasteiger partial charge in [0.2, 0.25) is 0 Å². The van der Waals surface area contributed by atoms with Gasteiger partial charge in [-0.25, -0.2) is 0 Å². The maximum absolute atomic E-state index is 10.7. The summed E-state index contributed by atoms with van der Waals surface area (Å²) in [5, 5.41) is 3.18. The van der Waals surface area contributed by atoms with Crippen LogP contribution >= 0.6 is 0 Å². The van der Waals surface area contributed by atoms with Crippen LogP contribution in [0.4, 0.5) is 0 Å². The van der Waals surface area contributed by atoms with Crippen molar-refractivity contribution in [2.75, 3.05) is 19.3 Å². The standard InChI is InChI=1S/C7H13NO3S/c1-12(9,10)11-6-2-7(3-6)4-8-5-7/h6,8H,2-5H2,1H3. The molecule has 0 aromatic heterocycles. The Labute approximate surface area is 72.4 Å². The zero-order valence-corrected chi connectivity index (χ0v) is 7.86. The van der Waals surface area contributed by atoms with Crippen molar-refractivity contribution in [3.8, 4) is 0 Å². The summed E-state index contributed by atoms with van der Waals surface area (Å²) in [5.74, 6) is 0. The molecule has 1 aliphatic carbocycles. The summed E-state index contributed by atoms with van der Waals surface area (Å²) in [6.45, 7) is 2.05. The third-order valence-electron chi connectivity index (χ3n) is 2.63. The molecule has 4 nitrogen and oxygen atoms in total. The second-order valence-corrected chi connectivity index (χ2v) is 5.53. The molecule has 2 fully saturated rings. The topological polar surface area (TPSA) is 55.4 Å². The fraction of sp³-hybridized carbons (Fsp3) is 1.00. The van der Waals surface area contributed by atoms with E-state index in [4.69, 9.17) is 4.18 Å². The SMILES string of the molecule is CS(=O)(=O)OC1CC2(CNC2)C1.